The molecule has 0 unspecified atom stereocenters. The molecule has 2 aliphatic heterocycles. The minimum atomic E-state index is -3.48. The summed E-state index contributed by atoms with van der Waals surface area (Å²) in [6.07, 6.45) is 3.74. The van der Waals surface area contributed by atoms with Gasteiger partial charge >= 0.3 is 0 Å². The van der Waals surface area contributed by atoms with Crippen LogP contribution in [-0.4, -0.2) is 54.3 Å². The van der Waals surface area contributed by atoms with E-state index in [1.54, 1.807) is 16.4 Å². The lowest BCUT2D eigenvalue weighted by Gasteiger charge is -2.31. The molecule has 6 nitrogen and oxygen atoms in total. The molecule has 34 heavy (non-hydrogen) atoms. The van der Waals surface area contributed by atoms with Crippen molar-refractivity contribution in [2.45, 2.75) is 56.9 Å². The molecule has 0 bridgehead atoms. The number of sulfonamides is 1. The number of para-hydroxylation sites is 1. The van der Waals surface area contributed by atoms with E-state index in [4.69, 9.17) is 0 Å². The number of aryl methyl sites for hydroxylation is 1. The maximum Gasteiger partial charge on any atom is 0.243 e. The highest BCUT2D eigenvalue weighted by atomic mass is 32.2. The highest BCUT2D eigenvalue weighted by molar-refractivity contribution is 7.89. The molecule has 0 saturated carbocycles. The first-order chi connectivity index (χ1) is 16.4. The second-order valence-corrected chi connectivity index (χ2v) is 11.6. The fourth-order valence-corrected chi connectivity index (χ4v) is 7.09. The number of fused-ring (bicyclic) bond motifs is 1. The van der Waals surface area contributed by atoms with Crippen molar-refractivity contribution in [3.63, 3.8) is 0 Å². The molecule has 1 amide bonds. The average Bonchev–Trinajstić information content (AvgIpc) is 3.47. The van der Waals surface area contributed by atoms with Crippen LogP contribution < -0.4 is 0 Å². The summed E-state index contributed by atoms with van der Waals surface area (Å²) >= 11 is 0. The molecule has 2 aromatic carbocycles. The van der Waals surface area contributed by atoms with E-state index in [2.05, 4.69) is 29.7 Å². The molecule has 180 valence electrons. The predicted octanol–water partition coefficient (Wildman–Crippen LogP) is 4.45. The van der Waals surface area contributed by atoms with Gasteiger partial charge in [0.15, 0.2) is 0 Å². The Labute approximate surface area is 202 Å². The monoisotopic (exact) mass is 479 g/mol. The van der Waals surface area contributed by atoms with Gasteiger partial charge in [-0.25, -0.2) is 8.42 Å². The van der Waals surface area contributed by atoms with Crippen molar-refractivity contribution in [3.8, 4) is 0 Å². The molecule has 3 aromatic rings. The molecular weight excluding hydrogens is 446 g/mol. The van der Waals surface area contributed by atoms with Crippen LogP contribution in [0, 0.1) is 13.8 Å². The van der Waals surface area contributed by atoms with Gasteiger partial charge in [-0.05, 0) is 69.2 Å². The lowest BCUT2D eigenvalue weighted by atomic mass is 9.88. The summed E-state index contributed by atoms with van der Waals surface area (Å²) in [7, 11) is -3.48. The van der Waals surface area contributed by atoms with Gasteiger partial charge in [0.1, 0.15) is 6.54 Å². The normalized spacial score (nSPS) is 18.1. The first-order valence-electron chi connectivity index (χ1n) is 12.3. The van der Waals surface area contributed by atoms with E-state index in [-0.39, 0.29) is 11.8 Å². The molecule has 1 aromatic heterocycles. The highest BCUT2D eigenvalue weighted by Gasteiger charge is 2.32. The van der Waals surface area contributed by atoms with Crippen LogP contribution in [0.3, 0.4) is 0 Å². The maximum atomic E-state index is 13.2. The van der Waals surface area contributed by atoms with Gasteiger partial charge in [0, 0.05) is 42.8 Å². The Kier molecular flexibility index (Phi) is 6.25. The Morgan fingerprint density at radius 3 is 2.24 bits per heavy atom. The van der Waals surface area contributed by atoms with E-state index in [1.807, 2.05) is 30.0 Å². The first-order valence-corrected chi connectivity index (χ1v) is 13.7. The number of piperidine rings is 1. The Morgan fingerprint density at radius 1 is 0.912 bits per heavy atom. The minimum absolute atomic E-state index is 0.187. The third-order valence-corrected chi connectivity index (χ3v) is 9.47. The fraction of sp³-hybridized carbons (Fsp3) is 0.444. The Hall–Kier alpha value is -2.64. The van der Waals surface area contributed by atoms with E-state index in [9.17, 15) is 13.2 Å². The lowest BCUT2D eigenvalue weighted by Crippen LogP contribution is -2.38. The van der Waals surface area contributed by atoms with Crippen molar-refractivity contribution in [2.75, 3.05) is 26.2 Å². The van der Waals surface area contributed by atoms with E-state index in [1.165, 1.54) is 10.9 Å². The van der Waals surface area contributed by atoms with Gasteiger partial charge in [-0.1, -0.05) is 35.9 Å². The molecule has 0 radical (unpaired) electrons. The van der Waals surface area contributed by atoms with Crippen LogP contribution in [0.4, 0.5) is 0 Å². The van der Waals surface area contributed by atoms with Crippen molar-refractivity contribution >= 4 is 26.8 Å². The van der Waals surface area contributed by atoms with Gasteiger partial charge in [-0.15, -0.1) is 0 Å². The summed E-state index contributed by atoms with van der Waals surface area (Å²) in [5, 5.41) is 1.19. The SMILES string of the molecule is Cc1ccc(S(=O)(=O)N2CCC(c3c(C)n(CC(=O)N4CCCC4)c4ccccc34)CC2)cc1. The molecule has 0 N–H and O–H groups in total. The van der Waals surface area contributed by atoms with Crippen LogP contribution in [0.1, 0.15) is 48.4 Å². The Bertz CT molecular complexity index is 1300. The molecule has 0 spiro atoms. The number of carbonyl (C=O) groups is 1. The number of benzene rings is 2. The third-order valence-electron chi connectivity index (χ3n) is 7.55. The Balaban J connectivity index is 1.38. The van der Waals surface area contributed by atoms with Gasteiger partial charge < -0.3 is 9.47 Å². The lowest BCUT2D eigenvalue weighted by molar-refractivity contribution is -0.130. The van der Waals surface area contributed by atoms with Crippen LogP contribution >= 0.6 is 0 Å². The number of aromatic nitrogens is 1. The molecule has 0 atom stereocenters. The number of hydrogen-bond acceptors (Lipinski definition) is 3. The topological polar surface area (TPSA) is 62.6 Å². The molecular formula is C27H33N3O3S. The van der Waals surface area contributed by atoms with Gasteiger partial charge in [0.2, 0.25) is 15.9 Å². The zero-order valence-electron chi connectivity index (χ0n) is 20.0. The number of likely N-dealkylation sites (tertiary alicyclic amines) is 1. The minimum Gasteiger partial charge on any atom is -0.341 e. The van der Waals surface area contributed by atoms with Gasteiger partial charge in [0.25, 0.3) is 0 Å². The number of nitrogens with zero attached hydrogens (tertiary/aromatic N) is 3. The van der Waals surface area contributed by atoms with Gasteiger partial charge in [-0.2, -0.15) is 4.31 Å². The van der Waals surface area contributed by atoms with Crippen LogP contribution in [0.15, 0.2) is 53.4 Å². The number of rotatable bonds is 5. The van der Waals surface area contributed by atoms with Crippen LogP contribution in [-0.2, 0) is 21.4 Å². The van der Waals surface area contributed by atoms with Crippen molar-refractivity contribution in [3.05, 3.63) is 65.4 Å². The molecule has 7 heteroatoms. The molecule has 2 aliphatic rings. The Morgan fingerprint density at radius 2 is 1.56 bits per heavy atom. The highest BCUT2D eigenvalue weighted by Crippen LogP contribution is 2.38. The van der Waals surface area contributed by atoms with Gasteiger partial charge in [-0.3, -0.25) is 4.79 Å². The molecule has 3 heterocycles. The predicted molar refractivity (Wildman–Crippen MR) is 134 cm³/mol. The van der Waals surface area contributed by atoms with Crippen LogP contribution in [0.2, 0.25) is 0 Å². The summed E-state index contributed by atoms with van der Waals surface area (Å²) in [4.78, 5) is 15.3. The quantitative estimate of drug-likeness (QED) is 0.543. The zero-order chi connectivity index (χ0) is 23.9. The first kappa shape index (κ1) is 23.1. The summed E-state index contributed by atoms with van der Waals surface area (Å²) < 4.78 is 30.1. The summed E-state index contributed by atoms with van der Waals surface area (Å²) in [6, 6.07) is 15.4. The van der Waals surface area contributed by atoms with Crippen LogP contribution in [0.25, 0.3) is 10.9 Å². The average molecular weight is 480 g/mol. The zero-order valence-corrected chi connectivity index (χ0v) is 20.9. The summed E-state index contributed by atoms with van der Waals surface area (Å²) in [6.45, 7) is 7.17. The van der Waals surface area contributed by atoms with Crippen LogP contribution in [0.5, 0.6) is 0 Å². The largest absolute Gasteiger partial charge is 0.341 e. The fourth-order valence-electron chi connectivity index (χ4n) is 5.62. The number of carbonyl (C=O) groups excluding carboxylic acids is 1. The van der Waals surface area contributed by atoms with Crippen molar-refractivity contribution in [2.24, 2.45) is 0 Å². The molecule has 2 fully saturated rings. The van der Waals surface area contributed by atoms with E-state index in [0.29, 0.717) is 24.5 Å². The van der Waals surface area contributed by atoms with Gasteiger partial charge in [0.05, 0.1) is 4.90 Å². The van der Waals surface area contributed by atoms with E-state index < -0.39 is 10.0 Å². The standard InChI is InChI=1S/C27H33N3O3S/c1-20-9-11-23(12-10-20)34(32,33)29-17-13-22(14-18-29)27-21(2)30(25-8-4-3-7-24(25)27)19-26(31)28-15-5-6-16-28/h3-4,7-12,22H,5-6,13-19H2,1-2H3. The maximum absolute atomic E-state index is 13.2. The summed E-state index contributed by atoms with van der Waals surface area (Å²) in [5.41, 5.74) is 4.55. The van der Waals surface area contributed by atoms with E-state index >= 15 is 0 Å². The smallest absolute Gasteiger partial charge is 0.243 e. The van der Waals surface area contributed by atoms with Crippen molar-refractivity contribution in [1.29, 1.82) is 0 Å². The molecule has 5 rings (SSSR count). The summed E-state index contributed by atoms with van der Waals surface area (Å²) in [5.74, 6) is 0.462. The second-order valence-electron chi connectivity index (χ2n) is 9.68. The molecule has 0 aliphatic carbocycles. The number of hydrogen-bond donors (Lipinski definition) is 0. The van der Waals surface area contributed by atoms with E-state index in [0.717, 1.165) is 55.5 Å². The van der Waals surface area contributed by atoms with Crippen molar-refractivity contribution in [1.82, 2.24) is 13.8 Å². The number of amides is 1. The third kappa shape index (κ3) is 4.16. The molecule has 2 saturated heterocycles. The van der Waals surface area contributed by atoms with Crippen molar-refractivity contribution < 1.29 is 13.2 Å². The second kappa shape index (κ2) is 9.19.